The molecular formula is C23H33O6P. The molecule has 0 fully saturated rings. The second-order valence-electron chi connectivity index (χ2n) is 9.97. The van der Waals surface area contributed by atoms with Gasteiger partial charge < -0.3 is 14.7 Å². The lowest BCUT2D eigenvalue weighted by atomic mass is 9.81. The molecule has 1 unspecified atom stereocenters. The maximum atomic E-state index is 11.7. The zero-order valence-corrected chi connectivity index (χ0v) is 19.8. The molecule has 4 N–H and O–H groups in total. The second kappa shape index (κ2) is 8.01. The predicted molar refractivity (Wildman–Crippen MR) is 118 cm³/mol. The summed E-state index contributed by atoms with van der Waals surface area (Å²) in [6, 6.07) is 6.96. The van der Waals surface area contributed by atoms with Gasteiger partial charge in [-0.05, 0) is 42.4 Å². The molecule has 0 aliphatic carbocycles. The first kappa shape index (κ1) is 24.4. The van der Waals surface area contributed by atoms with Gasteiger partial charge in [-0.2, -0.15) is 0 Å². The number of benzene rings is 2. The maximum absolute atomic E-state index is 11.7. The van der Waals surface area contributed by atoms with E-state index in [1.54, 1.807) is 18.2 Å². The smallest absolute Gasteiger partial charge is 0.507 e. The van der Waals surface area contributed by atoms with Gasteiger partial charge in [-0.25, -0.2) is 4.57 Å². The van der Waals surface area contributed by atoms with Gasteiger partial charge in [0.25, 0.3) is 0 Å². The van der Waals surface area contributed by atoms with Crippen LogP contribution in [0.4, 0.5) is 0 Å². The molecule has 0 amide bonds. The van der Waals surface area contributed by atoms with Gasteiger partial charge >= 0.3 is 7.82 Å². The molecule has 0 saturated heterocycles. The Morgan fingerprint density at radius 1 is 0.833 bits per heavy atom. The standard InChI is InChI=1S/C23H33O6P/c1-13-9-15(20(25)17(11-13)22(3,4)5)19(24)16-10-14(2)12-18(23(6,7)8)21(16)29-30(26,27)28/h9-12,19,24-25H,1-8H3,(H2,26,27,28). The lowest BCUT2D eigenvalue weighted by molar-refractivity contribution is 0.208. The zero-order chi connectivity index (χ0) is 23.2. The van der Waals surface area contributed by atoms with Gasteiger partial charge in [-0.3, -0.25) is 9.79 Å². The van der Waals surface area contributed by atoms with Crippen LogP contribution in [0.25, 0.3) is 0 Å². The highest BCUT2D eigenvalue weighted by Gasteiger charge is 2.32. The largest absolute Gasteiger partial charge is 0.524 e. The second-order valence-corrected chi connectivity index (χ2v) is 11.1. The number of rotatable bonds is 4. The number of phenols is 1. The Labute approximate surface area is 178 Å². The number of phenolic OH excluding ortho intramolecular Hbond substituents is 1. The van der Waals surface area contributed by atoms with Crippen LogP contribution in [0.5, 0.6) is 11.5 Å². The molecule has 2 aromatic carbocycles. The molecule has 6 nitrogen and oxygen atoms in total. The van der Waals surface area contributed by atoms with Crippen LogP contribution < -0.4 is 4.52 Å². The van der Waals surface area contributed by atoms with Crippen LogP contribution in [0.1, 0.15) is 81.0 Å². The fourth-order valence-electron chi connectivity index (χ4n) is 3.54. The molecule has 2 aromatic rings. The third-order valence-corrected chi connectivity index (χ3v) is 5.38. The van der Waals surface area contributed by atoms with Crippen molar-refractivity contribution in [3.8, 4) is 11.5 Å². The molecule has 2 rings (SSSR count). The van der Waals surface area contributed by atoms with Crippen LogP contribution >= 0.6 is 7.82 Å². The van der Waals surface area contributed by atoms with Crippen molar-refractivity contribution in [3.63, 3.8) is 0 Å². The van der Waals surface area contributed by atoms with Crippen molar-refractivity contribution in [2.24, 2.45) is 0 Å². The van der Waals surface area contributed by atoms with E-state index in [1.165, 1.54) is 0 Å². The third kappa shape index (κ3) is 5.44. The summed E-state index contributed by atoms with van der Waals surface area (Å²) < 4.78 is 16.8. The fourth-order valence-corrected chi connectivity index (χ4v) is 3.98. The van der Waals surface area contributed by atoms with Crippen LogP contribution in [0.3, 0.4) is 0 Å². The monoisotopic (exact) mass is 436 g/mol. The van der Waals surface area contributed by atoms with E-state index >= 15 is 0 Å². The Bertz CT molecular complexity index is 992. The quantitative estimate of drug-likeness (QED) is 0.494. The third-order valence-electron chi connectivity index (χ3n) is 4.96. The van der Waals surface area contributed by atoms with Crippen LogP contribution in [0, 0.1) is 13.8 Å². The number of aliphatic hydroxyl groups excluding tert-OH is 1. The van der Waals surface area contributed by atoms with Crippen LogP contribution in [-0.2, 0) is 15.4 Å². The van der Waals surface area contributed by atoms with Gasteiger partial charge in [-0.1, -0.05) is 64.8 Å². The molecule has 0 aromatic heterocycles. The fraction of sp³-hybridized carbons (Fsp3) is 0.478. The Morgan fingerprint density at radius 3 is 1.70 bits per heavy atom. The number of phosphoric acid groups is 1. The van der Waals surface area contributed by atoms with Gasteiger partial charge in [-0.15, -0.1) is 0 Å². The number of phosphoric ester groups is 1. The number of hydrogen-bond donors (Lipinski definition) is 4. The van der Waals surface area contributed by atoms with Crippen molar-refractivity contribution in [2.45, 2.75) is 72.3 Å². The van der Waals surface area contributed by atoms with E-state index in [1.807, 2.05) is 61.5 Å². The molecule has 7 heteroatoms. The van der Waals surface area contributed by atoms with Crippen LogP contribution in [0.2, 0.25) is 0 Å². The summed E-state index contributed by atoms with van der Waals surface area (Å²) in [7, 11) is -4.89. The molecule has 0 saturated carbocycles. The van der Waals surface area contributed by atoms with E-state index in [9.17, 15) is 24.6 Å². The van der Waals surface area contributed by atoms with Crippen molar-refractivity contribution in [1.82, 2.24) is 0 Å². The van der Waals surface area contributed by atoms with Crippen molar-refractivity contribution in [1.29, 1.82) is 0 Å². The zero-order valence-electron chi connectivity index (χ0n) is 18.9. The molecule has 1 atom stereocenters. The normalized spacial score (nSPS) is 14.0. The average molecular weight is 436 g/mol. The molecule has 30 heavy (non-hydrogen) atoms. The van der Waals surface area contributed by atoms with E-state index in [0.29, 0.717) is 11.1 Å². The minimum absolute atomic E-state index is 0.0402. The van der Waals surface area contributed by atoms with E-state index in [4.69, 9.17) is 4.52 Å². The minimum atomic E-state index is -4.89. The van der Waals surface area contributed by atoms with Gasteiger partial charge in [0.05, 0.1) is 0 Å². The average Bonchev–Trinajstić information content (AvgIpc) is 2.54. The summed E-state index contributed by atoms with van der Waals surface area (Å²) in [5, 5.41) is 22.2. The number of aromatic hydroxyl groups is 1. The first-order valence-corrected chi connectivity index (χ1v) is 11.4. The van der Waals surface area contributed by atoms with E-state index in [-0.39, 0.29) is 28.0 Å². The molecule has 0 aliphatic rings. The summed E-state index contributed by atoms with van der Waals surface area (Å²) >= 11 is 0. The van der Waals surface area contributed by atoms with Gasteiger partial charge in [0.15, 0.2) is 0 Å². The number of aliphatic hydroxyl groups is 1. The highest BCUT2D eigenvalue weighted by molar-refractivity contribution is 7.46. The molecule has 0 aliphatic heterocycles. The lowest BCUT2D eigenvalue weighted by Gasteiger charge is -2.28. The Balaban J connectivity index is 2.83. The lowest BCUT2D eigenvalue weighted by Crippen LogP contribution is -2.17. The van der Waals surface area contributed by atoms with Crippen LogP contribution in [0.15, 0.2) is 24.3 Å². The van der Waals surface area contributed by atoms with Crippen LogP contribution in [-0.4, -0.2) is 20.0 Å². The van der Waals surface area contributed by atoms with Crippen molar-refractivity contribution >= 4 is 7.82 Å². The molecule has 166 valence electrons. The van der Waals surface area contributed by atoms with Gasteiger partial charge in [0.2, 0.25) is 0 Å². The topological polar surface area (TPSA) is 107 Å². The van der Waals surface area contributed by atoms with Crippen molar-refractivity contribution < 1.29 is 29.1 Å². The molecular weight excluding hydrogens is 403 g/mol. The Hall–Kier alpha value is -1.85. The molecule has 0 heterocycles. The summed E-state index contributed by atoms with van der Waals surface area (Å²) in [4.78, 5) is 19.0. The Kier molecular flexibility index (Phi) is 6.52. The summed E-state index contributed by atoms with van der Waals surface area (Å²) in [5.74, 6) is -0.103. The summed E-state index contributed by atoms with van der Waals surface area (Å²) in [6.45, 7) is 15.3. The molecule has 0 radical (unpaired) electrons. The first-order valence-electron chi connectivity index (χ1n) is 9.84. The Morgan fingerprint density at radius 2 is 1.27 bits per heavy atom. The minimum Gasteiger partial charge on any atom is -0.507 e. The van der Waals surface area contributed by atoms with Crippen molar-refractivity contribution in [2.75, 3.05) is 0 Å². The van der Waals surface area contributed by atoms with E-state index in [0.717, 1.165) is 11.1 Å². The maximum Gasteiger partial charge on any atom is 0.524 e. The van der Waals surface area contributed by atoms with E-state index in [2.05, 4.69) is 0 Å². The SMILES string of the molecule is Cc1cc(C(O)c2cc(C)cc(C(C)(C)C)c2OP(=O)(O)O)c(O)c(C(C)(C)C)c1. The first-order chi connectivity index (χ1) is 13.4. The van der Waals surface area contributed by atoms with E-state index < -0.39 is 19.3 Å². The highest BCUT2D eigenvalue weighted by atomic mass is 31.2. The van der Waals surface area contributed by atoms with Gasteiger partial charge in [0, 0.05) is 16.7 Å². The van der Waals surface area contributed by atoms with Crippen molar-refractivity contribution in [3.05, 3.63) is 57.6 Å². The highest BCUT2D eigenvalue weighted by Crippen LogP contribution is 2.48. The number of aryl methyl sites for hydroxylation is 2. The molecule has 0 bridgehead atoms. The number of hydrogen-bond acceptors (Lipinski definition) is 4. The molecule has 0 spiro atoms. The predicted octanol–water partition coefficient (Wildman–Crippen LogP) is 5.16. The van der Waals surface area contributed by atoms with Gasteiger partial charge in [0.1, 0.15) is 17.6 Å². The summed E-state index contributed by atoms with van der Waals surface area (Å²) in [6.07, 6.45) is -1.34. The summed E-state index contributed by atoms with van der Waals surface area (Å²) in [5.41, 5.74) is 2.49.